The molecule has 2 rings (SSSR count). The molecule has 0 atom stereocenters. The molecule has 0 aliphatic rings. The molecule has 0 saturated heterocycles. The third-order valence-corrected chi connectivity index (χ3v) is 3.20. The second kappa shape index (κ2) is 3.97. The van der Waals surface area contributed by atoms with Crippen LogP contribution in [0.15, 0.2) is 24.4 Å². The first-order valence-corrected chi connectivity index (χ1v) is 6.11. The number of aromatic nitrogens is 1. The maximum atomic E-state index is 2.38. The van der Waals surface area contributed by atoms with E-state index in [4.69, 9.17) is 0 Å². The van der Waals surface area contributed by atoms with Gasteiger partial charge in [-0.3, -0.25) is 0 Å². The van der Waals surface area contributed by atoms with E-state index < -0.39 is 0 Å². The number of rotatable bonds is 2. The van der Waals surface area contributed by atoms with Gasteiger partial charge in [-0.2, -0.15) is 0 Å². The van der Waals surface area contributed by atoms with Gasteiger partial charge in [0.05, 0.1) is 0 Å². The fourth-order valence-corrected chi connectivity index (χ4v) is 2.28. The van der Waals surface area contributed by atoms with Gasteiger partial charge in [0.15, 0.2) is 0 Å². The Morgan fingerprint density at radius 1 is 1.06 bits per heavy atom. The highest BCUT2D eigenvalue weighted by Gasteiger charge is 2.12. The summed E-state index contributed by atoms with van der Waals surface area (Å²) < 4.78 is 2.38. The molecule has 1 heteroatoms. The molecule has 2 aromatic rings. The van der Waals surface area contributed by atoms with Crippen LogP contribution in [0.4, 0.5) is 0 Å². The molecular formula is C15H21N. The van der Waals surface area contributed by atoms with Crippen LogP contribution in [-0.2, 0) is 0 Å². The van der Waals surface area contributed by atoms with E-state index in [1.165, 1.54) is 22.0 Å². The molecule has 1 aromatic heterocycles. The maximum Gasteiger partial charge on any atom is 0.0485 e. The smallest absolute Gasteiger partial charge is 0.0485 e. The molecule has 1 nitrogen and oxygen atoms in total. The summed E-state index contributed by atoms with van der Waals surface area (Å²) in [6.45, 7) is 11.2. The van der Waals surface area contributed by atoms with Crippen molar-refractivity contribution in [3.8, 4) is 0 Å². The van der Waals surface area contributed by atoms with E-state index in [2.05, 4.69) is 63.6 Å². The van der Waals surface area contributed by atoms with Crippen LogP contribution in [0.3, 0.4) is 0 Å². The van der Waals surface area contributed by atoms with Crippen molar-refractivity contribution in [2.24, 2.45) is 0 Å². The fraction of sp³-hybridized carbons (Fsp3) is 0.467. The number of hydrogen-bond donors (Lipinski definition) is 0. The summed E-state index contributed by atoms with van der Waals surface area (Å²) >= 11 is 0. The highest BCUT2D eigenvalue weighted by Crippen LogP contribution is 2.30. The zero-order valence-electron chi connectivity index (χ0n) is 10.9. The highest BCUT2D eigenvalue weighted by atomic mass is 15.0. The lowest BCUT2D eigenvalue weighted by Gasteiger charge is -2.08. The minimum absolute atomic E-state index is 0.526. The summed E-state index contributed by atoms with van der Waals surface area (Å²) in [7, 11) is 0. The minimum atomic E-state index is 0.526. The Morgan fingerprint density at radius 2 is 1.75 bits per heavy atom. The number of benzene rings is 1. The van der Waals surface area contributed by atoms with Crippen molar-refractivity contribution in [3.63, 3.8) is 0 Å². The van der Waals surface area contributed by atoms with E-state index in [0.717, 1.165) is 0 Å². The van der Waals surface area contributed by atoms with E-state index >= 15 is 0 Å². The van der Waals surface area contributed by atoms with Crippen LogP contribution < -0.4 is 0 Å². The third kappa shape index (κ3) is 1.75. The molecule has 0 aliphatic carbocycles. The Kier molecular flexibility index (Phi) is 2.79. The van der Waals surface area contributed by atoms with E-state index in [-0.39, 0.29) is 0 Å². The SMILES string of the molecule is Cc1ccc2c(c1)c(C(C)C)cn2C(C)C. The van der Waals surface area contributed by atoms with Crippen LogP contribution in [0, 0.1) is 6.92 Å². The Morgan fingerprint density at radius 3 is 2.31 bits per heavy atom. The molecule has 0 spiro atoms. The molecule has 86 valence electrons. The van der Waals surface area contributed by atoms with Crippen LogP contribution in [0.2, 0.25) is 0 Å². The second-order valence-corrected chi connectivity index (χ2v) is 5.26. The summed E-state index contributed by atoms with van der Waals surface area (Å²) in [6, 6.07) is 7.28. The third-order valence-electron chi connectivity index (χ3n) is 3.20. The highest BCUT2D eigenvalue weighted by molar-refractivity contribution is 5.85. The Balaban J connectivity index is 2.76. The minimum Gasteiger partial charge on any atom is -0.345 e. The van der Waals surface area contributed by atoms with Crippen LogP contribution in [0.1, 0.15) is 50.8 Å². The van der Waals surface area contributed by atoms with E-state index in [9.17, 15) is 0 Å². The van der Waals surface area contributed by atoms with Gasteiger partial charge in [0, 0.05) is 23.1 Å². The lowest BCUT2D eigenvalue weighted by Crippen LogP contribution is -1.97. The first-order chi connectivity index (χ1) is 7.50. The van der Waals surface area contributed by atoms with E-state index in [1.807, 2.05) is 0 Å². The maximum absolute atomic E-state index is 2.38. The summed E-state index contributed by atoms with van der Waals surface area (Å²) in [5, 5.41) is 1.42. The zero-order valence-corrected chi connectivity index (χ0v) is 10.9. The lowest BCUT2D eigenvalue weighted by molar-refractivity contribution is 0.619. The monoisotopic (exact) mass is 215 g/mol. The van der Waals surface area contributed by atoms with Gasteiger partial charge in [-0.25, -0.2) is 0 Å². The number of nitrogens with zero attached hydrogens (tertiary/aromatic N) is 1. The predicted octanol–water partition coefficient (Wildman–Crippen LogP) is 4.65. The quantitative estimate of drug-likeness (QED) is 0.687. The summed E-state index contributed by atoms with van der Waals surface area (Å²) in [4.78, 5) is 0. The number of aryl methyl sites for hydroxylation is 1. The van der Waals surface area contributed by atoms with Gasteiger partial charge in [0.1, 0.15) is 0 Å². The van der Waals surface area contributed by atoms with Crippen molar-refractivity contribution >= 4 is 10.9 Å². The molecule has 0 unspecified atom stereocenters. The van der Waals surface area contributed by atoms with Crippen LogP contribution >= 0.6 is 0 Å². The summed E-state index contributed by atoms with van der Waals surface area (Å²) in [5.74, 6) is 0.587. The lowest BCUT2D eigenvalue weighted by atomic mass is 10.0. The molecule has 0 aliphatic heterocycles. The largest absolute Gasteiger partial charge is 0.345 e. The topological polar surface area (TPSA) is 4.93 Å². The Bertz CT molecular complexity index is 503. The van der Waals surface area contributed by atoms with Crippen molar-refractivity contribution < 1.29 is 0 Å². The normalized spacial score (nSPS) is 11.9. The fourth-order valence-electron chi connectivity index (χ4n) is 2.28. The standard InChI is InChI=1S/C15H21N/c1-10(2)14-9-16(11(3)4)15-7-6-12(5)8-13(14)15/h6-11H,1-5H3. The van der Waals surface area contributed by atoms with Crippen LogP contribution in [0.5, 0.6) is 0 Å². The van der Waals surface area contributed by atoms with Crippen molar-refractivity contribution in [2.45, 2.75) is 46.6 Å². The van der Waals surface area contributed by atoms with Gasteiger partial charge in [-0.05, 0) is 44.4 Å². The predicted molar refractivity (Wildman–Crippen MR) is 71.1 cm³/mol. The van der Waals surface area contributed by atoms with Gasteiger partial charge < -0.3 is 4.57 Å². The molecule has 0 amide bonds. The first-order valence-electron chi connectivity index (χ1n) is 6.11. The Labute approximate surface area is 98.1 Å². The molecule has 0 fully saturated rings. The molecule has 0 N–H and O–H groups in total. The molecule has 16 heavy (non-hydrogen) atoms. The van der Waals surface area contributed by atoms with Crippen LogP contribution in [0.25, 0.3) is 10.9 Å². The van der Waals surface area contributed by atoms with Gasteiger partial charge in [0.25, 0.3) is 0 Å². The van der Waals surface area contributed by atoms with Crippen molar-refractivity contribution in [3.05, 3.63) is 35.5 Å². The van der Waals surface area contributed by atoms with E-state index in [1.54, 1.807) is 0 Å². The molecule has 1 aromatic carbocycles. The van der Waals surface area contributed by atoms with Gasteiger partial charge in [0.2, 0.25) is 0 Å². The molecule has 0 bridgehead atoms. The summed E-state index contributed by atoms with van der Waals surface area (Å²) in [5.41, 5.74) is 4.17. The van der Waals surface area contributed by atoms with Crippen LogP contribution in [-0.4, -0.2) is 4.57 Å². The number of fused-ring (bicyclic) bond motifs is 1. The average Bonchev–Trinajstić information content (AvgIpc) is 2.56. The van der Waals surface area contributed by atoms with Gasteiger partial charge in [-0.1, -0.05) is 25.5 Å². The molecular weight excluding hydrogens is 194 g/mol. The van der Waals surface area contributed by atoms with E-state index in [0.29, 0.717) is 12.0 Å². The second-order valence-electron chi connectivity index (χ2n) is 5.26. The molecule has 1 heterocycles. The first kappa shape index (κ1) is 11.3. The Hall–Kier alpha value is -1.24. The average molecular weight is 215 g/mol. The molecule has 0 saturated carbocycles. The molecule has 0 radical (unpaired) electrons. The van der Waals surface area contributed by atoms with Gasteiger partial charge >= 0.3 is 0 Å². The zero-order chi connectivity index (χ0) is 11.9. The van der Waals surface area contributed by atoms with Gasteiger partial charge in [-0.15, -0.1) is 0 Å². The van der Waals surface area contributed by atoms with Crippen molar-refractivity contribution in [1.82, 2.24) is 4.57 Å². The van der Waals surface area contributed by atoms with Crippen molar-refractivity contribution in [1.29, 1.82) is 0 Å². The van der Waals surface area contributed by atoms with Crippen molar-refractivity contribution in [2.75, 3.05) is 0 Å². The number of hydrogen-bond acceptors (Lipinski definition) is 0. The summed E-state index contributed by atoms with van der Waals surface area (Å²) in [6.07, 6.45) is 2.32.